The lowest BCUT2D eigenvalue weighted by atomic mass is 10.1. The summed E-state index contributed by atoms with van der Waals surface area (Å²) >= 11 is 2.77. The molecule has 7 nitrogen and oxygen atoms in total. The van der Waals surface area contributed by atoms with Crippen LogP contribution in [0.15, 0.2) is 65.7 Å². The molecule has 0 fully saturated rings. The molecule has 192 valence electrons. The Morgan fingerprint density at radius 3 is 2.49 bits per heavy atom. The lowest BCUT2D eigenvalue weighted by molar-refractivity contribution is -0.113. The smallest absolute Gasteiger partial charge is 0.236 e. The molecule has 0 saturated carbocycles. The monoisotopic (exact) mass is 532 g/mol. The third kappa shape index (κ3) is 6.29. The van der Waals surface area contributed by atoms with Gasteiger partial charge >= 0.3 is 0 Å². The second-order valence-corrected chi connectivity index (χ2v) is 10.4. The molecule has 2 aromatic carbocycles. The molecule has 4 aromatic rings. The van der Waals surface area contributed by atoms with Crippen LogP contribution in [-0.2, 0) is 11.3 Å². The molecule has 0 unspecified atom stereocenters. The van der Waals surface area contributed by atoms with Crippen LogP contribution in [0, 0.1) is 13.8 Å². The number of anilines is 2. The highest BCUT2D eigenvalue weighted by atomic mass is 32.2. The highest BCUT2D eigenvalue weighted by Crippen LogP contribution is 2.28. The molecule has 0 spiro atoms. The van der Waals surface area contributed by atoms with Gasteiger partial charge in [-0.25, -0.2) is 4.98 Å². The number of amides is 1. The number of rotatable bonds is 11. The SMILES string of the molecule is C=CCn1c(SCC(=O)Nc2nc(-c3ccc(C)c(C)c3)cs2)nnc1-c1ccc(N(CC)CC)cc1. The van der Waals surface area contributed by atoms with Gasteiger partial charge in [0.1, 0.15) is 0 Å². The van der Waals surface area contributed by atoms with Gasteiger partial charge in [-0.05, 0) is 69.2 Å². The van der Waals surface area contributed by atoms with Gasteiger partial charge in [-0.2, -0.15) is 0 Å². The van der Waals surface area contributed by atoms with Crippen LogP contribution in [0.5, 0.6) is 0 Å². The maximum atomic E-state index is 12.7. The Hall–Kier alpha value is -3.43. The van der Waals surface area contributed by atoms with Crippen LogP contribution in [0.4, 0.5) is 10.8 Å². The third-order valence-corrected chi connectivity index (χ3v) is 7.89. The van der Waals surface area contributed by atoms with Gasteiger partial charge in [-0.15, -0.1) is 28.1 Å². The molecule has 4 rings (SSSR count). The van der Waals surface area contributed by atoms with E-state index in [9.17, 15) is 4.79 Å². The van der Waals surface area contributed by atoms with E-state index in [2.05, 4.69) is 102 Å². The molecule has 0 aliphatic heterocycles. The van der Waals surface area contributed by atoms with Crippen LogP contribution in [0.1, 0.15) is 25.0 Å². The molecular weight excluding hydrogens is 500 g/mol. The zero-order valence-corrected chi connectivity index (χ0v) is 23.3. The zero-order valence-electron chi connectivity index (χ0n) is 21.7. The summed E-state index contributed by atoms with van der Waals surface area (Å²) in [6.07, 6.45) is 1.81. The van der Waals surface area contributed by atoms with E-state index in [-0.39, 0.29) is 11.7 Å². The summed E-state index contributed by atoms with van der Waals surface area (Å²) in [6.45, 7) is 14.8. The van der Waals surface area contributed by atoms with E-state index in [1.54, 1.807) is 0 Å². The van der Waals surface area contributed by atoms with Crippen molar-refractivity contribution in [1.82, 2.24) is 19.7 Å². The van der Waals surface area contributed by atoms with Crippen LogP contribution in [0.25, 0.3) is 22.6 Å². The summed E-state index contributed by atoms with van der Waals surface area (Å²) in [5, 5.41) is 14.9. The van der Waals surface area contributed by atoms with Crippen molar-refractivity contribution in [3.05, 3.63) is 71.6 Å². The van der Waals surface area contributed by atoms with Crippen molar-refractivity contribution in [3.63, 3.8) is 0 Å². The Morgan fingerprint density at radius 1 is 1.08 bits per heavy atom. The predicted molar refractivity (Wildman–Crippen MR) is 156 cm³/mol. The van der Waals surface area contributed by atoms with Crippen LogP contribution in [-0.4, -0.2) is 44.5 Å². The van der Waals surface area contributed by atoms with E-state index in [4.69, 9.17) is 0 Å². The number of thiazole rings is 1. The Kier molecular flexibility index (Phi) is 8.78. The van der Waals surface area contributed by atoms with Crippen LogP contribution >= 0.6 is 23.1 Å². The van der Waals surface area contributed by atoms with E-state index in [1.165, 1.54) is 39.9 Å². The molecule has 0 saturated heterocycles. The average Bonchev–Trinajstić information content (AvgIpc) is 3.53. The molecule has 2 aromatic heterocycles. The van der Waals surface area contributed by atoms with E-state index in [0.29, 0.717) is 16.8 Å². The Bertz CT molecular complexity index is 1370. The van der Waals surface area contributed by atoms with E-state index in [0.717, 1.165) is 35.7 Å². The summed E-state index contributed by atoms with van der Waals surface area (Å²) in [5.74, 6) is 0.825. The highest BCUT2D eigenvalue weighted by Gasteiger charge is 2.16. The van der Waals surface area contributed by atoms with Crippen molar-refractivity contribution in [2.45, 2.75) is 39.4 Å². The first-order chi connectivity index (χ1) is 17.9. The first-order valence-electron chi connectivity index (χ1n) is 12.3. The summed E-state index contributed by atoms with van der Waals surface area (Å²) in [5.41, 5.74) is 6.52. The topological polar surface area (TPSA) is 75.9 Å². The lowest BCUT2D eigenvalue weighted by Gasteiger charge is -2.21. The summed E-state index contributed by atoms with van der Waals surface area (Å²) in [4.78, 5) is 19.6. The molecule has 37 heavy (non-hydrogen) atoms. The fourth-order valence-electron chi connectivity index (χ4n) is 3.96. The molecule has 0 bridgehead atoms. The zero-order chi connectivity index (χ0) is 26.4. The minimum atomic E-state index is -0.135. The van der Waals surface area contributed by atoms with Crippen molar-refractivity contribution in [2.24, 2.45) is 0 Å². The maximum Gasteiger partial charge on any atom is 0.236 e. The standard InChI is InChI=1S/C28H32N6OS2/c1-6-15-34-26(21-11-13-23(14-12-21)33(7-2)8-3)31-32-28(34)37-18-25(35)30-27-29-24(17-36-27)22-10-9-19(4)20(5)16-22/h6,9-14,16-17H,1,7-8,15,18H2,2-5H3,(H,29,30,35). The van der Waals surface area contributed by atoms with Gasteiger partial charge in [-0.1, -0.05) is 30.0 Å². The minimum Gasteiger partial charge on any atom is -0.372 e. The summed E-state index contributed by atoms with van der Waals surface area (Å²) in [6, 6.07) is 14.6. The fraction of sp³-hybridized carbons (Fsp3) is 0.286. The quantitative estimate of drug-likeness (QED) is 0.177. The fourth-order valence-corrected chi connectivity index (χ4v) is 5.45. The lowest BCUT2D eigenvalue weighted by Crippen LogP contribution is -2.21. The van der Waals surface area contributed by atoms with Crippen molar-refractivity contribution in [3.8, 4) is 22.6 Å². The molecule has 0 aliphatic rings. The molecule has 2 heterocycles. The molecule has 1 amide bonds. The molecule has 0 aliphatic carbocycles. The second kappa shape index (κ2) is 12.2. The van der Waals surface area contributed by atoms with Gasteiger partial charge in [0.25, 0.3) is 0 Å². The summed E-state index contributed by atoms with van der Waals surface area (Å²) < 4.78 is 1.98. The van der Waals surface area contributed by atoms with Crippen molar-refractivity contribution >= 4 is 39.8 Å². The number of nitrogens with zero attached hydrogens (tertiary/aromatic N) is 5. The number of hydrogen-bond acceptors (Lipinski definition) is 7. The first-order valence-corrected chi connectivity index (χ1v) is 14.1. The van der Waals surface area contributed by atoms with Crippen molar-refractivity contribution < 1.29 is 4.79 Å². The number of aromatic nitrogens is 4. The number of nitrogens with one attached hydrogen (secondary N) is 1. The Morgan fingerprint density at radius 2 is 1.81 bits per heavy atom. The van der Waals surface area contributed by atoms with Crippen LogP contribution in [0.3, 0.4) is 0 Å². The Labute approximate surface area is 226 Å². The van der Waals surface area contributed by atoms with Crippen LogP contribution < -0.4 is 10.2 Å². The van der Waals surface area contributed by atoms with Gasteiger partial charge in [0.05, 0.1) is 11.4 Å². The van der Waals surface area contributed by atoms with E-state index >= 15 is 0 Å². The molecule has 9 heteroatoms. The predicted octanol–water partition coefficient (Wildman–Crippen LogP) is 6.45. The van der Waals surface area contributed by atoms with Gasteiger partial charge in [-0.3, -0.25) is 9.36 Å². The number of carbonyl (C=O) groups is 1. The largest absolute Gasteiger partial charge is 0.372 e. The van der Waals surface area contributed by atoms with Gasteiger partial charge in [0.2, 0.25) is 5.91 Å². The van der Waals surface area contributed by atoms with Crippen molar-refractivity contribution in [2.75, 3.05) is 29.1 Å². The average molecular weight is 533 g/mol. The highest BCUT2D eigenvalue weighted by molar-refractivity contribution is 7.99. The van der Waals surface area contributed by atoms with Gasteiger partial charge < -0.3 is 10.2 Å². The van der Waals surface area contributed by atoms with E-state index in [1.807, 2.05) is 16.0 Å². The summed E-state index contributed by atoms with van der Waals surface area (Å²) in [7, 11) is 0. The third-order valence-electron chi connectivity index (χ3n) is 6.17. The number of allylic oxidation sites excluding steroid dienone is 1. The van der Waals surface area contributed by atoms with Crippen molar-refractivity contribution in [1.29, 1.82) is 0 Å². The molecule has 0 radical (unpaired) electrons. The number of aryl methyl sites for hydroxylation is 2. The number of benzene rings is 2. The molecular formula is C28H32N6OS2. The number of thioether (sulfide) groups is 1. The first kappa shape index (κ1) is 26.6. The maximum absolute atomic E-state index is 12.7. The molecule has 0 atom stereocenters. The second-order valence-electron chi connectivity index (χ2n) is 8.60. The minimum absolute atomic E-state index is 0.135. The number of hydrogen-bond donors (Lipinski definition) is 1. The Balaban J connectivity index is 1.42. The normalized spacial score (nSPS) is 10.9. The van der Waals surface area contributed by atoms with Crippen LogP contribution in [0.2, 0.25) is 0 Å². The van der Waals surface area contributed by atoms with Gasteiger partial charge in [0.15, 0.2) is 16.1 Å². The molecule has 1 N–H and O–H groups in total. The van der Waals surface area contributed by atoms with Gasteiger partial charge in [0, 0.05) is 41.8 Å². The number of carbonyl (C=O) groups excluding carboxylic acids is 1. The van der Waals surface area contributed by atoms with E-state index < -0.39 is 0 Å².